The molecule has 2 heterocycles. The molecule has 0 atom stereocenters. The van der Waals surface area contributed by atoms with E-state index in [-0.39, 0.29) is 5.91 Å². The third-order valence-corrected chi connectivity index (χ3v) is 6.98. The summed E-state index contributed by atoms with van der Waals surface area (Å²) in [5, 5.41) is 6.78. The Kier molecular flexibility index (Phi) is 6.14. The highest BCUT2D eigenvalue weighted by Crippen LogP contribution is 2.26. The molecule has 0 aliphatic carbocycles. The number of hydrogen-bond acceptors (Lipinski definition) is 5. The molecule has 0 bridgehead atoms. The fraction of sp³-hybridized carbons (Fsp3) is 0.467. The van der Waals surface area contributed by atoms with Crippen molar-refractivity contribution in [2.75, 3.05) is 13.1 Å². The SMILES string of the molecule is CCN(Cc1cnn(C)c1)S(=O)(=O)c1ccc(CCNC(C)=O)s1. The maximum atomic E-state index is 12.8. The molecule has 2 aromatic rings. The lowest BCUT2D eigenvalue weighted by Crippen LogP contribution is -2.29. The monoisotopic (exact) mass is 370 g/mol. The van der Waals surface area contributed by atoms with Crippen LogP contribution >= 0.6 is 11.3 Å². The van der Waals surface area contributed by atoms with E-state index in [2.05, 4.69) is 10.4 Å². The van der Waals surface area contributed by atoms with Gasteiger partial charge in [-0.1, -0.05) is 6.92 Å². The molecule has 0 spiro atoms. The van der Waals surface area contributed by atoms with Crippen LogP contribution in [0.5, 0.6) is 0 Å². The molecule has 0 aliphatic rings. The number of sulfonamides is 1. The normalized spacial score (nSPS) is 11.8. The number of nitrogens with zero attached hydrogens (tertiary/aromatic N) is 3. The molecule has 0 radical (unpaired) electrons. The van der Waals surface area contributed by atoms with Crippen LogP contribution in [-0.2, 0) is 34.8 Å². The molecule has 0 aromatic carbocycles. The molecular weight excluding hydrogens is 348 g/mol. The predicted molar refractivity (Wildman–Crippen MR) is 93.2 cm³/mol. The number of nitrogens with one attached hydrogen (secondary N) is 1. The third-order valence-electron chi connectivity index (χ3n) is 3.45. The molecule has 2 rings (SSSR count). The fourth-order valence-electron chi connectivity index (χ4n) is 2.24. The lowest BCUT2D eigenvalue weighted by Gasteiger charge is -2.18. The van der Waals surface area contributed by atoms with Gasteiger partial charge in [-0.05, 0) is 18.6 Å². The summed E-state index contributed by atoms with van der Waals surface area (Å²) in [6, 6.07) is 3.44. The molecule has 1 amide bonds. The second-order valence-corrected chi connectivity index (χ2v) is 8.74. The van der Waals surface area contributed by atoms with Gasteiger partial charge in [0.1, 0.15) is 4.21 Å². The molecule has 1 N–H and O–H groups in total. The van der Waals surface area contributed by atoms with Gasteiger partial charge in [-0.25, -0.2) is 8.42 Å². The summed E-state index contributed by atoms with van der Waals surface area (Å²) in [5.41, 5.74) is 0.852. The number of aryl methyl sites for hydroxylation is 1. The number of carbonyl (C=O) groups is 1. The summed E-state index contributed by atoms with van der Waals surface area (Å²) < 4.78 is 29.0. The summed E-state index contributed by atoms with van der Waals surface area (Å²) >= 11 is 1.25. The number of hydrogen-bond donors (Lipinski definition) is 1. The largest absolute Gasteiger partial charge is 0.356 e. The fourth-order valence-corrected chi connectivity index (χ4v) is 5.19. The molecule has 9 heteroatoms. The Balaban J connectivity index is 2.10. The number of rotatable bonds is 8. The van der Waals surface area contributed by atoms with Crippen LogP contribution in [-0.4, -0.2) is 41.5 Å². The van der Waals surface area contributed by atoms with E-state index in [1.807, 2.05) is 13.1 Å². The zero-order valence-corrected chi connectivity index (χ0v) is 15.7. The summed E-state index contributed by atoms with van der Waals surface area (Å²) in [6.07, 6.45) is 4.10. The number of carbonyl (C=O) groups excluding carboxylic acids is 1. The van der Waals surface area contributed by atoms with Crippen LogP contribution in [0, 0.1) is 0 Å². The first-order valence-corrected chi connectivity index (χ1v) is 9.89. The number of aromatic nitrogens is 2. The molecule has 132 valence electrons. The van der Waals surface area contributed by atoms with Crippen LogP contribution in [0.25, 0.3) is 0 Å². The van der Waals surface area contributed by atoms with Crippen LogP contribution in [0.3, 0.4) is 0 Å². The number of amides is 1. The minimum atomic E-state index is -3.53. The van der Waals surface area contributed by atoms with Gasteiger partial charge in [-0.15, -0.1) is 11.3 Å². The van der Waals surface area contributed by atoms with Crippen LogP contribution < -0.4 is 5.32 Å². The minimum Gasteiger partial charge on any atom is -0.356 e. The maximum Gasteiger partial charge on any atom is 0.252 e. The summed E-state index contributed by atoms with van der Waals surface area (Å²) in [6.45, 7) is 4.46. The van der Waals surface area contributed by atoms with Gasteiger partial charge in [0.25, 0.3) is 10.0 Å². The van der Waals surface area contributed by atoms with Crippen LogP contribution in [0.1, 0.15) is 24.3 Å². The van der Waals surface area contributed by atoms with E-state index in [0.29, 0.717) is 30.3 Å². The average molecular weight is 371 g/mol. The second kappa shape index (κ2) is 7.91. The van der Waals surface area contributed by atoms with Gasteiger partial charge in [-0.3, -0.25) is 9.48 Å². The Labute approximate surface area is 146 Å². The Morgan fingerprint density at radius 1 is 1.42 bits per heavy atom. The van der Waals surface area contributed by atoms with Crippen molar-refractivity contribution in [3.05, 3.63) is 35.0 Å². The van der Waals surface area contributed by atoms with Gasteiger partial charge >= 0.3 is 0 Å². The quantitative estimate of drug-likeness (QED) is 0.761. The van der Waals surface area contributed by atoms with Crippen molar-refractivity contribution in [1.29, 1.82) is 0 Å². The zero-order valence-electron chi connectivity index (χ0n) is 14.0. The molecule has 0 aliphatic heterocycles. The smallest absolute Gasteiger partial charge is 0.252 e. The van der Waals surface area contributed by atoms with Crippen molar-refractivity contribution < 1.29 is 13.2 Å². The predicted octanol–water partition coefficient (Wildman–Crippen LogP) is 1.37. The van der Waals surface area contributed by atoms with Gasteiger partial charge in [0.05, 0.1) is 6.20 Å². The van der Waals surface area contributed by atoms with Crippen LogP contribution in [0.15, 0.2) is 28.7 Å². The molecule has 0 saturated heterocycles. The second-order valence-electron chi connectivity index (χ2n) is 5.41. The van der Waals surface area contributed by atoms with E-state index in [4.69, 9.17) is 0 Å². The van der Waals surface area contributed by atoms with E-state index in [1.54, 1.807) is 30.1 Å². The topological polar surface area (TPSA) is 84.3 Å². The lowest BCUT2D eigenvalue weighted by atomic mass is 10.3. The summed E-state index contributed by atoms with van der Waals surface area (Å²) in [5.74, 6) is -0.0898. The molecule has 2 aromatic heterocycles. The lowest BCUT2D eigenvalue weighted by molar-refractivity contribution is -0.118. The molecule has 7 nitrogen and oxygen atoms in total. The molecule has 0 unspecified atom stereocenters. The standard InChI is InChI=1S/C15H22N4O3S2/c1-4-19(11-13-9-17-18(3)10-13)24(21,22)15-6-5-14(23-15)7-8-16-12(2)20/h5-6,9-10H,4,7-8,11H2,1-3H3,(H,16,20). The highest BCUT2D eigenvalue weighted by Gasteiger charge is 2.25. The first-order valence-electron chi connectivity index (χ1n) is 7.63. The Morgan fingerprint density at radius 2 is 2.17 bits per heavy atom. The number of thiophene rings is 1. The van der Waals surface area contributed by atoms with E-state index >= 15 is 0 Å². The van der Waals surface area contributed by atoms with Gasteiger partial charge < -0.3 is 5.32 Å². The molecule has 0 saturated carbocycles. The zero-order chi connectivity index (χ0) is 17.7. The highest BCUT2D eigenvalue weighted by atomic mass is 32.2. The van der Waals surface area contributed by atoms with Gasteiger partial charge in [0, 0.05) is 50.2 Å². The van der Waals surface area contributed by atoms with E-state index in [1.165, 1.54) is 22.6 Å². The van der Waals surface area contributed by atoms with Crippen molar-refractivity contribution in [2.24, 2.45) is 7.05 Å². The average Bonchev–Trinajstić information content (AvgIpc) is 3.13. The van der Waals surface area contributed by atoms with Gasteiger partial charge in [-0.2, -0.15) is 9.40 Å². The maximum absolute atomic E-state index is 12.8. The molecule has 0 fully saturated rings. The summed E-state index contributed by atoms with van der Waals surface area (Å²) in [7, 11) is -1.73. The van der Waals surface area contributed by atoms with Crippen molar-refractivity contribution >= 4 is 27.3 Å². The first-order chi connectivity index (χ1) is 11.3. The Hall–Kier alpha value is -1.71. The van der Waals surface area contributed by atoms with Crippen molar-refractivity contribution in [3.8, 4) is 0 Å². The van der Waals surface area contributed by atoms with E-state index in [0.717, 1.165) is 10.4 Å². The van der Waals surface area contributed by atoms with Crippen LogP contribution in [0.2, 0.25) is 0 Å². The summed E-state index contributed by atoms with van der Waals surface area (Å²) in [4.78, 5) is 11.8. The van der Waals surface area contributed by atoms with Crippen molar-refractivity contribution in [3.63, 3.8) is 0 Å². The molecular formula is C15H22N4O3S2. The van der Waals surface area contributed by atoms with E-state index < -0.39 is 10.0 Å². The third kappa shape index (κ3) is 4.65. The Bertz CT molecular complexity index is 795. The Morgan fingerprint density at radius 3 is 2.75 bits per heavy atom. The van der Waals surface area contributed by atoms with Gasteiger partial charge in [0.15, 0.2) is 0 Å². The highest BCUT2D eigenvalue weighted by molar-refractivity contribution is 7.91. The first kappa shape index (κ1) is 18.6. The van der Waals surface area contributed by atoms with Crippen LogP contribution in [0.4, 0.5) is 0 Å². The van der Waals surface area contributed by atoms with E-state index in [9.17, 15) is 13.2 Å². The van der Waals surface area contributed by atoms with Crippen molar-refractivity contribution in [1.82, 2.24) is 19.4 Å². The van der Waals surface area contributed by atoms with Gasteiger partial charge in [0.2, 0.25) is 5.91 Å². The minimum absolute atomic E-state index is 0.0898. The molecule has 24 heavy (non-hydrogen) atoms. The van der Waals surface area contributed by atoms with Crippen molar-refractivity contribution in [2.45, 2.75) is 31.0 Å².